The van der Waals surface area contributed by atoms with Crippen LogP contribution in [0.15, 0.2) is 22.3 Å². The molecule has 0 aliphatic carbocycles. The van der Waals surface area contributed by atoms with Gasteiger partial charge in [0.1, 0.15) is 0 Å². The molecule has 0 bridgehead atoms. The molecule has 3 N–H and O–H groups in total. The third-order valence-corrected chi connectivity index (χ3v) is 1.84. The third-order valence-electron chi connectivity index (χ3n) is 1.84. The summed E-state index contributed by atoms with van der Waals surface area (Å²) in [4.78, 5) is 8.05. The van der Waals surface area contributed by atoms with Gasteiger partial charge >= 0.3 is 0 Å². The fourth-order valence-corrected chi connectivity index (χ4v) is 1.24. The van der Waals surface area contributed by atoms with Gasteiger partial charge in [-0.3, -0.25) is 21.0 Å². The molecule has 0 fully saturated rings. The van der Waals surface area contributed by atoms with Crippen LogP contribution in [0.25, 0.3) is 0 Å². The highest BCUT2D eigenvalue weighted by Gasteiger charge is 2.22. The largest absolute Gasteiger partial charge is 0.297 e. The topological polar surface area (TPSA) is 62.8 Å². The smallest absolute Gasteiger partial charge is 0.151 e. The minimum atomic E-state index is -0.269. The van der Waals surface area contributed by atoms with Crippen molar-refractivity contribution in [2.45, 2.75) is 12.3 Å². The van der Waals surface area contributed by atoms with Crippen LogP contribution in [-0.2, 0) is 0 Å². The molecule has 2 heterocycles. The fourth-order valence-electron chi connectivity index (χ4n) is 1.24. The highest BCUT2D eigenvalue weighted by atomic mass is 15.2. The van der Waals surface area contributed by atoms with Crippen LogP contribution in [0.5, 0.6) is 0 Å². The lowest BCUT2D eigenvalue weighted by atomic mass is 9.99. The maximum atomic E-state index is 5.55. The van der Waals surface area contributed by atoms with E-state index in [0.29, 0.717) is 5.92 Å². The third kappa shape index (κ3) is 1.22. The second-order valence-corrected chi connectivity index (χ2v) is 2.65. The van der Waals surface area contributed by atoms with E-state index in [4.69, 9.17) is 5.73 Å². The number of fused-ring (bicyclic) bond motifs is 1. The predicted molar refractivity (Wildman–Crippen MR) is 44.5 cm³/mol. The Morgan fingerprint density at radius 1 is 1.36 bits per heavy atom. The Bertz CT molecular complexity index is 231. The zero-order chi connectivity index (χ0) is 7.68. The molecular weight excluding hydrogens is 140 g/mol. The Labute approximate surface area is 64.9 Å². The normalized spacial score (nSPS) is 40.6. The lowest BCUT2D eigenvalue weighted by Crippen LogP contribution is -2.51. The number of rotatable bonds is 0. The molecule has 0 spiro atoms. The zero-order valence-electron chi connectivity index (χ0n) is 6.01. The molecule has 0 saturated carbocycles. The summed E-state index contributed by atoms with van der Waals surface area (Å²) in [7, 11) is 0. The number of nitrogens with two attached hydrogens (primary N) is 1. The molecule has 0 radical (unpaired) electrons. The molecule has 0 aromatic carbocycles. The van der Waals surface area contributed by atoms with E-state index in [-0.39, 0.29) is 12.3 Å². The Kier molecular flexibility index (Phi) is 1.56. The molecule has 4 heteroatoms. The van der Waals surface area contributed by atoms with Gasteiger partial charge in [0.25, 0.3) is 0 Å². The molecule has 0 saturated heterocycles. The number of hydrogen-bond acceptors (Lipinski definition) is 4. The molecule has 0 aromatic rings. The van der Waals surface area contributed by atoms with E-state index < -0.39 is 0 Å². The first-order valence-electron chi connectivity index (χ1n) is 3.61. The molecule has 11 heavy (non-hydrogen) atoms. The van der Waals surface area contributed by atoms with Crippen LogP contribution < -0.4 is 11.1 Å². The first kappa shape index (κ1) is 6.69. The van der Waals surface area contributed by atoms with E-state index in [1.165, 1.54) is 0 Å². The molecule has 3 unspecified atom stereocenters. The molecule has 2 rings (SSSR count). The zero-order valence-corrected chi connectivity index (χ0v) is 6.01. The van der Waals surface area contributed by atoms with Gasteiger partial charge in [-0.25, -0.2) is 0 Å². The van der Waals surface area contributed by atoms with Crippen LogP contribution >= 0.6 is 0 Å². The van der Waals surface area contributed by atoms with E-state index in [2.05, 4.69) is 15.3 Å². The van der Waals surface area contributed by atoms with Crippen molar-refractivity contribution in [3.8, 4) is 0 Å². The molecular formula is C7H10N4. The first-order chi connectivity index (χ1) is 5.36. The lowest BCUT2D eigenvalue weighted by molar-refractivity contribution is 0.464. The van der Waals surface area contributed by atoms with E-state index in [1.54, 1.807) is 6.20 Å². The van der Waals surface area contributed by atoms with Crippen molar-refractivity contribution in [1.29, 1.82) is 0 Å². The Hall–Kier alpha value is -1.00. The van der Waals surface area contributed by atoms with Crippen molar-refractivity contribution in [3.05, 3.63) is 12.3 Å². The fraction of sp³-hybridized carbons (Fsp3) is 0.429. The van der Waals surface area contributed by atoms with Crippen LogP contribution in [-0.4, -0.2) is 24.8 Å². The highest BCUT2D eigenvalue weighted by molar-refractivity contribution is 5.78. The van der Waals surface area contributed by atoms with Gasteiger partial charge in [-0.05, 0) is 0 Å². The van der Waals surface area contributed by atoms with Crippen LogP contribution in [0.4, 0.5) is 0 Å². The van der Waals surface area contributed by atoms with Crippen molar-refractivity contribution < 1.29 is 0 Å². The summed E-state index contributed by atoms with van der Waals surface area (Å²) in [6.45, 7) is 0. The van der Waals surface area contributed by atoms with Gasteiger partial charge in [0.05, 0.1) is 6.04 Å². The van der Waals surface area contributed by atoms with Gasteiger partial charge in [-0.2, -0.15) is 0 Å². The van der Waals surface area contributed by atoms with Crippen LogP contribution in [0.2, 0.25) is 0 Å². The molecule has 0 aromatic heterocycles. The van der Waals surface area contributed by atoms with Crippen LogP contribution in [0.1, 0.15) is 0 Å². The molecule has 2 aliphatic rings. The maximum absolute atomic E-state index is 5.55. The van der Waals surface area contributed by atoms with E-state index in [1.807, 2.05) is 18.5 Å². The first-order valence-corrected chi connectivity index (χ1v) is 3.61. The van der Waals surface area contributed by atoms with Gasteiger partial charge in [0, 0.05) is 24.5 Å². The SMILES string of the molecule is NC1N=CC2C=CN=CC2N1. The summed E-state index contributed by atoms with van der Waals surface area (Å²) in [6.07, 6.45) is 7.25. The van der Waals surface area contributed by atoms with Gasteiger partial charge in [-0.1, -0.05) is 6.08 Å². The number of hydrogen-bond donors (Lipinski definition) is 2. The quantitative estimate of drug-likeness (QED) is 0.488. The van der Waals surface area contributed by atoms with Gasteiger partial charge in [0.2, 0.25) is 0 Å². The van der Waals surface area contributed by atoms with Gasteiger partial charge in [0.15, 0.2) is 6.29 Å². The van der Waals surface area contributed by atoms with Crippen molar-refractivity contribution >= 4 is 12.4 Å². The summed E-state index contributed by atoms with van der Waals surface area (Å²) in [5.74, 6) is 0.326. The van der Waals surface area contributed by atoms with Crippen molar-refractivity contribution in [2.75, 3.05) is 0 Å². The molecule has 0 amide bonds. The maximum Gasteiger partial charge on any atom is 0.151 e. The summed E-state index contributed by atoms with van der Waals surface area (Å²) < 4.78 is 0. The number of nitrogens with zero attached hydrogens (tertiary/aromatic N) is 2. The van der Waals surface area contributed by atoms with Crippen molar-refractivity contribution in [3.63, 3.8) is 0 Å². The predicted octanol–water partition coefficient (Wildman–Crippen LogP) is -0.514. The van der Waals surface area contributed by atoms with Crippen LogP contribution in [0, 0.1) is 5.92 Å². The Balaban J connectivity index is 2.20. The monoisotopic (exact) mass is 150 g/mol. The summed E-state index contributed by atoms with van der Waals surface area (Å²) in [6, 6.07) is 0.229. The molecule has 2 aliphatic heterocycles. The Morgan fingerprint density at radius 3 is 3.18 bits per heavy atom. The minimum Gasteiger partial charge on any atom is -0.297 e. The minimum absolute atomic E-state index is 0.229. The molecule has 3 atom stereocenters. The standard InChI is InChI=1S/C7H10N4/c8-7-10-3-5-1-2-9-4-6(5)11-7/h1-7,11H,8H2. The van der Waals surface area contributed by atoms with E-state index in [0.717, 1.165) is 0 Å². The Morgan fingerprint density at radius 2 is 2.27 bits per heavy atom. The average molecular weight is 150 g/mol. The van der Waals surface area contributed by atoms with E-state index in [9.17, 15) is 0 Å². The molecule has 4 nitrogen and oxygen atoms in total. The van der Waals surface area contributed by atoms with Gasteiger partial charge < -0.3 is 0 Å². The summed E-state index contributed by atoms with van der Waals surface area (Å²) in [5, 5.41) is 3.10. The van der Waals surface area contributed by atoms with E-state index >= 15 is 0 Å². The van der Waals surface area contributed by atoms with Crippen LogP contribution in [0.3, 0.4) is 0 Å². The highest BCUT2D eigenvalue weighted by Crippen LogP contribution is 2.10. The average Bonchev–Trinajstić information content (AvgIpc) is 2.04. The second kappa shape index (κ2) is 2.56. The second-order valence-electron chi connectivity index (χ2n) is 2.65. The lowest BCUT2D eigenvalue weighted by Gasteiger charge is -2.27. The molecule has 58 valence electrons. The van der Waals surface area contributed by atoms with Crippen molar-refractivity contribution in [1.82, 2.24) is 5.32 Å². The van der Waals surface area contributed by atoms with Gasteiger partial charge in [-0.15, -0.1) is 0 Å². The summed E-state index contributed by atoms with van der Waals surface area (Å²) >= 11 is 0. The number of nitrogens with one attached hydrogen (secondary N) is 1. The summed E-state index contributed by atoms with van der Waals surface area (Å²) in [5.41, 5.74) is 5.55. The number of aliphatic imine (C=N–C) groups is 2. The van der Waals surface area contributed by atoms with Crippen molar-refractivity contribution in [2.24, 2.45) is 21.6 Å².